The van der Waals surface area contributed by atoms with E-state index < -0.39 is 0 Å². The lowest BCUT2D eigenvalue weighted by Crippen LogP contribution is -2.31. The molecule has 1 aromatic heterocycles. The second kappa shape index (κ2) is 9.88. The predicted octanol–water partition coefficient (Wildman–Crippen LogP) is 4.81. The molecule has 0 aliphatic carbocycles. The Morgan fingerprint density at radius 1 is 1.12 bits per heavy atom. The first-order valence-corrected chi connectivity index (χ1v) is 12.3. The van der Waals surface area contributed by atoms with E-state index in [0.717, 1.165) is 36.6 Å². The second-order valence-electron chi connectivity index (χ2n) is 8.60. The average Bonchev–Trinajstić information content (AvgIpc) is 3.18. The number of benzene rings is 2. The first-order valence-electron chi connectivity index (χ1n) is 11.2. The van der Waals surface area contributed by atoms with Gasteiger partial charge in [0.25, 0.3) is 5.91 Å². The number of rotatable bonds is 6. The van der Waals surface area contributed by atoms with Crippen LogP contribution in [0.2, 0.25) is 0 Å². The summed E-state index contributed by atoms with van der Waals surface area (Å²) >= 11 is 2.02. The van der Waals surface area contributed by atoms with Crippen LogP contribution in [0.25, 0.3) is 5.69 Å². The molecule has 1 amide bonds. The molecule has 0 spiro atoms. The van der Waals surface area contributed by atoms with Crippen molar-refractivity contribution in [3.8, 4) is 5.69 Å². The van der Waals surface area contributed by atoms with Crippen molar-refractivity contribution in [3.63, 3.8) is 0 Å². The summed E-state index contributed by atoms with van der Waals surface area (Å²) in [6.07, 6.45) is 0. The van der Waals surface area contributed by atoms with Crippen molar-refractivity contribution in [3.05, 3.63) is 70.8 Å². The molecule has 1 N–H and O–H groups in total. The number of carbonyl (C=O) groups is 1. The summed E-state index contributed by atoms with van der Waals surface area (Å²) in [5, 5.41) is 7.52. The first kappa shape index (κ1) is 22.6. The molecular formula is C25H31N5OS. The van der Waals surface area contributed by atoms with Gasteiger partial charge in [0.05, 0.1) is 5.69 Å². The quantitative estimate of drug-likeness (QED) is 0.585. The van der Waals surface area contributed by atoms with Crippen LogP contribution >= 0.6 is 11.8 Å². The van der Waals surface area contributed by atoms with E-state index in [2.05, 4.69) is 52.3 Å². The molecule has 7 heteroatoms. The van der Waals surface area contributed by atoms with Crippen LogP contribution in [0.3, 0.4) is 0 Å². The van der Waals surface area contributed by atoms with Gasteiger partial charge in [0.1, 0.15) is 5.82 Å². The Kier molecular flexibility index (Phi) is 6.96. The molecule has 0 atom stereocenters. The highest BCUT2D eigenvalue weighted by Gasteiger charge is 2.19. The molecule has 6 nitrogen and oxygen atoms in total. The molecule has 0 bridgehead atoms. The van der Waals surface area contributed by atoms with Crippen molar-refractivity contribution in [2.45, 2.75) is 40.2 Å². The molecule has 1 fully saturated rings. The summed E-state index contributed by atoms with van der Waals surface area (Å²) in [5.74, 6) is 3.32. The van der Waals surface area contributed by atoms with Crippen molar-refractivity contribution in [2.75, 3.05) is 29.9 Å². The largest absolute Gasteiger partial charge is 0.319 e. The maximum atomic E-state index is 12.9. The molecule has 0 saturated carbocycles. The van der Waals surface area contributed by atoms with Crippen LogP contribution in [0, 0.1) is 13.8 Å². The average molecular weight is 450 g/mol. The molecule has 168 valence electrons. The Morgan fingerprint density at radius 2 is 1.88 bits per heavy atom. The van der Waals surface area contributed by atoms with Gasteiger partial charge >= 0.3 is 0 Å². The van der Waals surface area contributed by atoms with Gasteiger partial charge in [-0.3, -0.25) is 9.69 Å². The number of hydrogen-bond donors (Lipinski definition) is 1. The van der Waals surface area contributed by atoms with Gasteiger partial charge in [0.2, 0.25) is 5.82 Å². The molecule has 0 unspecified atom stereocenters. The molecule has 4 rings (SSSR count). The van der Waals surface area contributed by atoms with Crippen LogP contribution < -0.4 is 5.32 Å². The van der Waals surface area contributed by atoms with E-state index in [0.29, 0.717) is 11.7 Å². The van der Waals surface area contributed by atoms with Gasteiger partial charge in [-0.25, -0.2) is 9.67 Å². The third-order valence-corrected chi connectivity index (χ3v) is 6.75. The molecule has 1 saturated heterocycles. The van der Waals surface area contributed by atoms with E-state index in [4.69, 9.17) is 0 Å². The Balaban J connectivity index is 1.49. The van der Waals surface area contributed by atoms with Crippen molar-refractivity contribution in [1.29, 1.82) is 0 Å². The van der Waals surface area contributed by atoms with Crippen LogP contribution in [0.4, 0.5) is 5.69 Å². The van der Waals surface area contributed by atoms with Crippen molar-refractivity contribution >= 4 is 23.4 Å². The van der Waals surface area contributed by atoms with Gasteiger partial charge in [-0.2, -0.15) is 11.8 Å². The van der Waals surface area contributed by atoms with Crippen molar-refractivity contribution in [1.82, 2.24) is 19.7 Å². The van der Waals surface area contributed by atoms with Crippen molar-refractivity contribution < 1.29 is 4.79 Å². The number of carbonyl (C=O) groups excluding carboxylic acids is 1. The van der Waals surface area contributed by atoms with Gasteiger partial charge in [-0.1, -0.05) is 44.2 Å². The Bertz CT molecular complexity index is 1100. The number of nitrogens with one attached hydrogen (secondary N) is 1. The van der Waals surface area contributed by atoms with E-state index in [1.54, 1.807) is 4.68 Å². The Hall–Kier alpha value is -2.64. The fourth-order valence-electron chi connectivity index (χ4n) is 4.04. The summed E-state index contributed by atoms with van der Waals surface area (Å²) in [7, 11) is 0. The fourth-order valence-corrected chi connectivity index (χ4v) is 5.02. The number of anilines is 1. The summed E-state index contributed by atoms with van der Waals surface area (Å²) in [6.45, 7) is 11.4. The Labute approximate surface area is 194 Å². The number of aryl methyl sites for hydroxylation is 2. The van der Waals surface area contributed by atoms with Crippen LogP contribution in [-0.4, -0.2) is 50.2 Å². The highest BCUT2D eigenvalue weighted by Crippen LogP contribution is 2.24. The molecule has 32 heavy (non-hydrogen) atoms. The zero-order chi connectivity index (χ0) is 22.7. The predicted molar refractivity (Wildman–Crippen MR) is 132 cm³/mol. The first-order chi connectivity index (χ1) is 15.4. The van der Waals surface area contributed by atoms with Gasteiger partial charge in [-0.05, 0) is 48.6 Å². The molecule has 1 aliphatic heterocycles. The Morgan fingerprint density at radius 3 is 2.59 bits per heavy atom. The summed E-state index contributed by atoms with van der Waals surface area (Å²) < 4.78 is 1.76. The van der Waals surface area contributed by atoms with Crippen molar-refractivity contribution in [2.24, 2.45) is 0 Å². The maximum absolute atomic E-state index is 12.9. The van der Waals surface area contributed by atoms with Gasteiger partial charge in [0.15, 0.2) is 0 Å². The van der Waals surface area contributed by atoms with Crippen LogP contribution in [0.15, 0.2) is 42.5 Å². The second-order valence-corrected chi connectivity index (χ2v) is 9.82. The molecule has 1 aliphatic rings. The number of aromatic nitrogens is 3. The van der Waals surface area contributed by atoms with Crippen LogP contribution in [-0.2, 0) is 6.54 Å². The van der Waals surface area contributed by atoms with E-state index in [-0.39, 0.29) is 11.7 Å². The topological polar surface area (TPSA) is 63.1 Å². The smallest absolute Gasteiger partial charge is 0.295 e. The molecule has 2 heterocycles. The monoisotopic (exact) mass is 449 g/mol. The van der Waals surface area contributed by atoms with Crippen LogP contribution in [0.1, 0.15) is 52.9 Å². The zero-order valence-electron chi connectivity index (χ0n) is 19.3. The van der Waals surface area contributed by atoms with Crippen LogP contribution in [0.5, 0.6) is 0 Å². The number of nitrogens with zero attached hydrogens (tertiary/aromatic N) is 4. The fraction of sp³-hybridized carbons (Fsp3) is 0.400. The summed E-state index contributed by atoms with van der Waals surface area (Å²) in [5.41, 5.74) is 5.25. The molecular weight excluding hydrogens is 418 g/mol. The van der Waals surface area contributed by atoms with E-state index >= 15 is 0 Å². The zero-order valence-corrected chi connectivity index (χ0v) is 20.1. The SMILES string of the molecule is Cc1cc(CN2CCSCC2)ccc1NC(=O)c1nc(C)n(-c2ccccc2C(C)C)n1. The number of amides is 1. The van der Waals surface area contributed by atoms with E-state index in [1.807, 2.05) is 49.9 Å². The lowest BCUT2D eigenvalue weighted by Gasteiger charge is -2.26. The molecule has 0 radical (unpaired) electrons. The minimum absolute atomic E-state index is 0.176. The summed E-state index contributed by atoms with van der Waals surface area (Å²) in [4.78, 5) is 19.8. The van der Waals surface area contributed by atoms with Gasteiger partial charge in [-0.15, -0.1) is 5.10 Å². The van der Waals surface area contributed by atoms with E-state index in [9.17, 15) is 4.79 Å². The highest BCUT2D eigenvalue weighted by atomic mass is 32.2. The number of para-hydroxylation sites is 1. The normalized spacial score (nSPS) is 14.7. The summed E-state index contributed by atoms with van der Waals surface area (Å²) in [6, 6.07) is 14.4. The lowest BCUT2D eigenvalue weighted by atomic mass is 10.0. The third-order valence-electron chi connectivity index (χ3n) is 5.81. The molecule has 2 aromatic carbocycles. The third kappa shape index (κ3) is 5.05. The highest BCUT2D eigenvalue weighted by molar-refractivity contribution is 7.99. The maximum Gasteiger partial charge on any atom is 0.295 e. The van der Waals surface area contributed by atoms with E-state index in [1.165, 1.54) is 22.6 Å². The number of hydrogen-bond acceptors (Lipinski definition) is 5. The number of thioether (sulfide) groups is 1. The molecule has 3 aromatic rings. The standard InChI is InChI=1S/C25H31N5OS/c1-17(2)21-7-5-6-8-23(21)30-19(4)26-24(28-30)25(31)27-22-10-9-20(15-18(22)3)16-29-11-13-32-14-12-29/h5-10,15,17H,11-14,16H2,1-4H3,(H,27,31). The van der Waals surface area contributed by atoms with Gasteiger partial charge in [0, 0.05) is 36.8 Å². The minimum Gasteiger partial charge on any atom is -0.319 e. The van der Waals surface area contributed by atoms with Gasteiger partial charge < -0.3 is 5.32 Å². The minimum atomic E-state index is -0.294. The lowest BCUT2D eigenvalue weighted by molar-refractivity contribution is 0.101.